The summed E-state index contributed by atoms with van der Waals surface area (Å²) < 4.78 is 0. The van der Waals surface area contributed by atoms with Crippen LogP contribution in [0.1, 0.15) is 20.9 Å². The summed E-state index contributed by atoms with van der Waals surface area (Å²) in [5, 5.41) is 12.8. The van der Waals surface area contributed by atoms with Crippen LogP contribution in [0.25, 0.3) is 6.08 Å². The maximum atomic E-state index is 10.5. The van der Waals surface area contributed by atoms with Crippen molar-refractivity contribution in [2.24, 2.45) is 0 Å². The fraction of sp³-hybridized carbons (Fsp3) is 0.267. The highest BCUT2D eigenvalue weighted by Crippen LogP contribution is 2.26. The smallest absolute Gasteiger partial charge is 0.328 e. The lowest BCUT2D eigenvalue weighted by Gasteiger charge is -2.26. The third-order valence-electron chi connectivity index (χ3n) is 3.36. The van der Waals surface area contributed by atoms with E-state index in [9.17, 15) is 4.79 Å². The molecule has 104 valence electrons. The molecule has 0 aromatic carbocycles. The van der Waals surface area contributed by atoms with Crippen LogP contribution in [0.15, 0.2) is 29.0 Å². The molecule has 20 heavy (non-hydrogen) atoms. The normalized spacial score (nSPS) is 15.6. The topological polar surface area (TPSA) is 40.5 Å². The molecule has 2 aromatic heterocycles. The Balaban J connectivity index is 1.63. The van der Waals surface area contributed by atoms with Gasteiger partial charge in [-0.25, -0.2) is 4.79 Å². The number of carboxylic acids is 1. The molecule has 2 aromatic rings. The number of thiophene rings is 2. The second-order valence-corrected chi connectivity index (χ2v) is 6.84. The van der Waals surface area contributed by atoms with E-state index < -0.39 is 5.97 Å². The third-order valence-corrected chi connectivity index (χ3v) is 5.32. The number of hydrogen-bond acceptors (Lipinski definition) is 4. The zero-order chi connectivity index (χ0) is 13.9. The lowest BCUT2D eigenvalue weighted by molar-refractivity contribution is -0.131. The Morgan fingerprint density at radius 1 is 1.45 bits per heavy atom. The minimum atomic E-state index is -0.904. The summed E-state index contributed by atoms with van der Waals surface area (Å²) in [6.07, 6.45) is 3.98. The molecule has 0 radical (unpaired) electrons. The quantitative estimate of drug-likeness (QED) is 0.879. The largest absolute Gasteiger partial charge is 0.478 e. The zero-order valence-corrected chi connectivity index (χ0v) is 12.5. The number of fused-ring (bicyclic) bond motifs is 1. The predicted octanol–water partition coefficient (Wildman–Crippen LogP) is 3.47. The fourth-order valence-electron chi connectivity index (χ4n) is 2.40. The van der Waals surface area contributed by atoms with Crippen LogP contribution in [-0.4, -0.2) is 22.5 Å². The van der Waals surface area contributed by atoms with E-state index in [2.05, 4.69) is 22.4 Å². The van der Waals surface area contributed by atoms with Gasteiger partial charge in [0.2, 0.25) is 0 Å². The van der Waals surface area contributed by atoms with Gasteiger partial charge in [-0.2, -0.15) is 0 Å². The Labute approximate surface area is 125 Å². The van der Waals surface area contributed by atoms with Crippen LogP contribution in [0.4, 0.5) is 0 Å². The average Bonchev–Trinajstić information content (AvgIpc) is 3.04. The molecule has 3 rings (SSSR count). The highest BCUT2D eigenvalue weighted by molar-refractivity contribution is 7.10. The van der Waals surface area contributed by atoms with Crippen LogP contribution in [0.5, 0.6) is 0 Å². The first-order valence-corrected chi connectivity index (χ1v) is 8.22. The van der Waals surface area contributed by atoms with Gasteiger partial charge >= 0.3 is 5.97 Å². The van der Waals surface area contributed by atoms with Crippen LogP contribution in [0.3, 0.4) is 0 Å². The summed E-state index contributed by atoms with van der Waals surface area (Å²) in [4.78, 5) is 15.8. The van der Waals surface area contributed by atoms with Gasteiger partial charge in [0.25, 0.3) is 0 Å². The minimum Gasteiger partial charge on any atom is -0.478 e. The van der Waals surface area contributed by atoms with Gasteiger partial charge in [-0.15, -0.1) is 22.7 Å². The molecular weight excluding hydrogens is 290 g/mol. The number of carbonyl (C=O) groups is 1. The monoisotopic (exact) mass is 305 g/mol. The van der Waals surface area contributed by atoms with Gasteiger partial charge in [0.15, 0.2) is 0 Å². The van der Waals surface area contributed by atoms with Gasteiger partial charge in [0.1, 0.15) is 0 Å². The van der Waals surface area contributed by atoms with Crippen molar-refractivity contribution in [3.05, 3.63) is 49.9 Å². The lowest BCUT2D eigenvalue weighted by atomic mass is 10.1. The number of aliphatic carboxylic acids is 1. The molecule has 3 nitrogen and oxygen atoms in total. The van der Waals surface area contributed by atoms with E-state index in [0.29, 0.717) is 0 Å². The Hall–Kier alpha value is -1.43. The van der Waals surface area contributed by atoms with Crippen molar-refractivity contribution < 1.29 is 9.90 Å². The van der Waals surface area contributed by atoms with E-state index in [1.165, 1.54) is 21.4 Å². The van der Waals surface area contributed by atoms with Gasteiger partial charge in [-0.05, 0) is 46.5 Å². The molecule has 0 spiro atoms. The average molecular weight is 305 g/mol. The first-order chi connectivity index (χ1) is 9.70. The molecule has 0 unspecified atom stereocenters. The highest BCUT2D eigenvalue weighted by Gasteiger charge is 2.17. The van der Waals surface area contributed by atoms with Gasteiger partial charge in [-0.3, -0.25) is 4.90 Å². The molecule has 0 bridgehead atoms. The summed E-state index contributed by atoms with van der Waals surface area (Å²) in [5.74, 6) is -0.904. The van der Waals surface area contributed by atoms with Gasteiger partial charge in [0, 0.05) is 35.5 Å². The van der Waals surface area contributed by atoms with Gasteiger partial charge in [-0.1, -0.05) is 0 Å². The van der Waals surface area contributed by atoms with E-state index in [1.807, 2.05) is 16.7 Å². The summed E-state index contributed by atoms with van der Waals surface area (Å²) in [6.45, 7) is 3.07. The van der Waals surface area contributed by atoms with Crippen molar-refractivity contribution in [2.45, 2.75) is 19.5 Å². The molecule has 0 saturated carbocycles. The summed E-state index contributed by atoms with van der Waals surface area (Å²) >= 11 is 3.55. The molecule has 0 saturated heterocycles. The SMILES string of the molecule is O=C(O)C=Cc1csc(CN2CCc3sccc3C2)c1. The molecule has 1 aliphatic heterocycles. The molecule has 0 aliphatic carbocycles. The molecule has 0 amide bonds. The molecule has 5 heteroatoms. The van der Waals surface area contributed by atoms with E-state index >= 15 is 0 Å². The number of nitrogens with zero attached hydrogens (tertiary/aromatic N) is 1. The van der Waals surface area contributed by atoms with Crippen molar-refractivity contribution in [1.29, 1.82) is 0 Å². The van der Waals surface area contributed by atoms with Crippen molar-refractivity contribution in [3.63, 3.8) is 0 Å². The van der Waals surface area contributed by atoms with Crippen LogP contribution in [-0.2, 0) is 24.3 Å². The van der Waals surface area contributed by atoms with Gasteiger partial charge in [0.05, 0.1) is 0 Å². The van der Waals surface area contributed by atoms with E-state index in [1.54, 1.807) is 17.4 Å². The van der Waals surface area contributed by atoms with Gasteiger partial charge < -0.3 is 5.11 Å². The van der Waals surface area contributed by atoms with Crippen LogP contribution >= 0.6 is 22.7 Å². The molecule has 3 heterocycles. The first-order valence-electron chi connectivity index (χ1n) is 6.47. The van der Waals surface area contributed by atoms with Crippen LogP contribution in [0, 0.1) is 0 Å². The first kappa shape index (κ1) is 13.5. The van der Waals surface area contributed by atoms with Crippen molar-refractivity contribution in [3.8, 4) is 0 Å². The number of hydrogen-bond donors (Lipinski definition) is 1. The second-order valence-electron chi connectivity index (χ2n) is 4.85. The molecule has 1 N–H and O–H groups in total. The maximum absolute atomic E-state index is 10.5. The minimum absolute atomic E-state index is 0.904. The van der Waals surface area contributed by atoms with Crippen molar-refractivity contribution in [1.82, 2.24) is 4.90 Å². The predicted molar refractivity (Wildman–Crippen MR) is 83.1 cm³/mol. The molecule has 1 aliphatic rings. The van der Waals surface area contributed by atoms with Crippen LogP contribution < -0.4 is 0 Å². The number of rotatable bonds is 4. The molecule has 0 fully saturated rings. The van der Waals surface area contributed by atoms with E-state index in [-0.39, 0.29) is 0 Å². The van der Waals surface area contributed by atoms with E-state index in [0.717, 1.165) is 31.6 Å². The number of carboxylic acid groups (broad SMARTS) is 1. The molecular formula is C15H15NO2S2. The fourth-order valence-corrected chi connectivity index (χ4v) is 4.18. The zero-order valence-electron chi connectivity index (χ0n) is 10.9. The molecule has 0 atom stereocenters. The lowest BCUT2D eigenvalue weighted by Crippen LogP contribution is -2.28. The second kappa shape index (κ2) is 5.91. The Bertz CT molecular complexity index is 642. The Morgan fingerprint density at radius 3 is 3.20 bits per heavy atom. The maximum Gasteiger partial charge on any atom is 0.328 e. The summed E-state index contributed by atoms with van der Waals surface area (Å²) in [5.41, 5.74) is 2.43. The summed E-state index contributed by atoms with van der Waals surface area (Å²) in [7, 11) is 0. The standard InChI is InChI=1S/C15H15NO2S2/c17-15(18)2-1-11-7-13(20-10-11)9-16-5-3-14-12(8-16)4-6-19-14/h1-2,4,6-7,10H,3,5,8-9H2,(H,17,18). The van der Waals surface area contributed by atoms with Crippen molar-refractivity contribution >= 4 is 34.7 Å². The van der Waals surface area contributed by atoms with E-state index in [4.69, 9.17) is 5.11 Å². The Morgan fingerprint density at radius 2 is 2.35 bits per heavy atom. The highest BCUT2D eigenvalue weighted by atomic mass is 32.1. The Kier molecular flexibility index (Phi) is 4.00. The van der Waals surface area contributed by atoms with Crippen LogP contribution in [0.2, 0.25) is 0 Å². The van der Waals surface area contributed by atoms with Crippen molar-refractivity contribution in [2.75, 3.05) is 6.54 Å². The summed E-state index contributed by atoms with van der Waals surface area (Å²) in [6, 6.07) is 4.30. The third kappa shape index (κ3) is 3.17.